The number of unbranched alkanes of at least 4 members (excludes halogenated alkanes) is 1. The molecule has 0 radical (unpaired) electrons. The number of epoxide rings is 2. The van der Waals surface area contributed by atoms with Gasteiger partial charge in [0.15, 0.2) is 17.2 Å². The van der Waals surface area contributed by atoms with E-state index in [2.05, 4.69) is 47.0 Å². The van der Waals surface area contributed by atoms with Crippen molar-refractivity contribution in [1.82, 2.24) is 31.5 Å². The molecular weight excluding hydrogens is 869 g/mol. The zero-order valence-corrected chi connectivity index (χ0v) is 42.4. The summed E-state index contributed by atoms with van der Waals surface area (Å²) in [5.74, 6) is -3.58. The topological polar surface area (TPSA) is 286 Å². The minimum atomic E-state index is -1.36. The molecule has 2 aliphatic rings. The van der Waals surface area contributed by atoms with Crippen molar-refractivity contribution in [3.63, 3.8) is 0 Å². The van der Waals surface area contributed by atoms with Crippen LogP contribution in [-0.2, 0) is 47.8 Å². The first-order valence-electron chi connectivity index (χ1n) is 23.8. The Morgan fingerprint density at radius 2 is 1.22 bits per heavy atom. The van der Waals surface area contributed by atoms with Crippen molar-refractivity contribution in [3.8, 4) is 0 Å². The highest BCUT2D eigenvalue weighted by Crippen LogP contribution is 2.31. The molecule has 2 rings (SSSR count). The van der Waals surface area contributed by atoms with Crippen molar-refractivity contribution in [2.24, 2.45) is 23.7 Å². The van der Waals surface area contributed by atoms with Crippen molar-refractivity contribution in [3.05, 3.63) is 12.2 Å². The van der Waals surface area contributed by atoms with Gasteiger partial charge in [-0.3, -0.25) is 38.4 Å². The summed E-state index contributed by atoms with van der Waals surface area (Å²) in [5.41, 5.74) is -1.55. The molecule has 2 saturated heterocycles. The average molecular weight is 953 g/mol. The normalized spacial score (nSPS) is 21.3. The fraction of sp³-hybridized carbons (Fsp3) is 0.792. The summed E-state index contributed by atoms with van der Waals surface area (Å²) >= 11 is 0. The number of carbonyl (C=O) groups is 8. The van der Waals surface area contributed by atoms with E-state index >= 15 is 0 Å². The summed E-state index contributed by atoms with van der Waals surface area (Å²) in [7, 11) is 1.55. The van der Waals surface area contributed by atoms with Gasteiger partial charge >= 0.3 is 0 Å². The largest absolute Gasteiger partial charge is 0.394 e. The molecule has 67 heavy (non-hydrogen) atoms. The Bertz CT molecular complexity index is 1700. The Hall–Kier alpha value is -4.30. The van der Waals surface area contributed by atoms with Crippen LogP contribution in [0.1, 0.15) is 134 Å². The van der Waals surface area contributed by atoms with Gasteiger partial charge in [0.1, 0.15) is 29.8 Å². The average Bonchev–Trinajstić information content (AvgIpc) is 4.20. The van der Waals surface area contributed by atoms with Crippen LogP contribution in [0, 0.1) is 23.7 Å². The summed E-state index contributed by atoms with van der Waals surface area (Å²) in [6.45, 7) is 24.7. The number of nitrogens with zero attached hydrogens (tertiary/aromatic N) is 1. The van der Waals surface area contributed by atoms with E-state index in [9.17, 15) is 53.7 Å². The van der Waals surface area contributed by atoms with Crippen molar-refractivity contribution in [1.29, 1.82) is 0 Å². The maximum absolute atomic E-state index is 13.4. The first-order valence-corrected chi connectivity index (χ1v) is 23.8. The molecule has 0 aliphatic carbocycles. The number of ketones is 2. The van der Waals surface area contributed by atoms with E-state index in [-0.39, 0.29) is 61.4 Å². The van der Waals surface area contributed by atoms with Crippen LogP contribution in [-0.4, -0.2) is 154 Å². The highest BCUT2D eigenvalue weighted by molar-refractivity contribution is 6.00. The molecule has 0 unspecified atom stereocenters. The number of aliphatic hydroxyl groups is 3. The van der Waals surface area contributed by atoms with E-state index in [0.717, 1.165) is 12.8 Å². The molecule has 2 heterocycles. The van der Waals surface area contributed by atoms with Crippen LogP contribution in [0.5, 0.6) is 0 Å². The van der Waals surface area contributed by atoms with Crippen molar-refractivity contribution >= 4 is 47.0 Å². The second-order valence-corrected chi connectivity index (χ2v) is 19.6. The van der Waals surface area contributed by atoms with Crippen LogP contribution in [0.2, 0.25) is 0 Å². The molecule has 6 amide bonds. The van der Waals surface area contributed by atoms with Crippen molar-refractivity contribution in [2.45, 2.75) is 188 Å². The zero-order valence-electron chi connectivity index (χ0n) is 42.4. The first kappa shape index (κ1) is 60.7. The maximum atomic E-state index is 13.4. The summed E-state index contributed by atoms with van der Waals surface area (Å²) in [4.78, 5) is 104. The predicted molar refractivity (Wildman–Crippen MR) is 252 cm³/mol. The lowest BCUT2D eigenvalue weighted by atomic mass is 9.92. The number of rotatable bonds is 30. The van der Waals surface area contributed by atoms with Crippen LogP contribution in [0.4, 0.5) is 0 Å². The predicted octanol–water partition coefficient (Wildman–Crippen LogP) is 1.63. The van der Waals surface area contributed by atoms with E-state index in [1.807, 2.05) is 34.6 Å². The molecule has 0 spiro atoms. The van der Waals surface area contributed by atoms with Gasteiger partial charge in [-0.05, 0) is 63.7 Å². The minimum Gasteiger partial charge on any atom is -0.394 e. The number of amides is 6. The Morgan fingerprint density at radius 1 is 0.687 bits per heavy atom. The van der Waals surface area contributed by atoms with Gasteiger partial charge in [0.25, 0.3) is 0 Å². The van der Waals surface area contributed by atoms with Crippen molar-refractivity contribution in [2.75, 3.05) is 33.5 Å². The Balaban J connectivity index is 0.000000707. The highest BCUT2D eigenvalue weighted by Gasteiger charge is 2.54. The number of hydrogen-bond acceptors (Lipinski definition) is 13. The summed E-state index contributed by atoms with van der Waals surface area (Å²) < 4.78 is 10.3. The quantitative estimate of drug-likeness (QED) is 0.0289. The number of carbonyl (C=O) groups excluding carboxylic acids is 8. The van der Waals surface area contributed by atoms with Gasteiger partial charge in [-0.1, -0.05) is 86.6 Å². The summed E-state index contributed by atoms with van der Waals surface area (Å²) in [5, 5.41) is 42.4. The molecule has 19 nitrogen and oxygen atoms in total. The van der Waals surface area contributed by atoms with E-state index in [1.165, 1.54) is 18.7 Å². The van der Waals surface area contributed by atoms with Gasteiger partial charge < -0.3 is 56.3 Å². The minimum absolute atomic E-state index is 0.0952. The molecule has 8 N–H and O–H groups in total. The second-order valence-electron chi connectivity index (χ2n) is 19.6. The number of hydrogen-bond donors (Lipinski definition) is 8. The molecule has 0 aromatic rings. The van der Waals surface area contributed by atoms with E-state index < -0.39 is 96.2 Å². The molecule has 11 atom stereocenters. The van der Waals surface area contributed by atoms with Gasteiger partial charge in [0.05, 0.1) is 44.6 Å². The first-order chi connectivity index (χ1) is 31.1. The van der Waals surface area contributed by atoms with Crippen LogP contribution < -0.4 is 26.6 Å². The fourth-order valence-corrected chi connectivity index (χ4v) is 7.25. The maximum Gasteiger partial charge on any atom is 0.245 e. The number of ether oxygens (including phenoxy) is 2. The second kappa shape index (κ2) is 28.3. The Kier molecular flexibility index (Phi) is 25.6. The summed E-state index contributed by atoms with van der Waals surface area (Å²) in [6, 6.07) is -6.10. The summed E-state index contributed by atoms with van der Waals surface area (Å²) in [6.07, 6.45) is 3.37. The molecule has 0 bridgehead atoms. The van der Waals surface area contributed by atoms with E-state index in [0.29, 0.717) is 37.2 Å². The van der Waals surface area contributed by atoms with E-state index in [1.54, 1.807) is 27.8 Å². The van der Waals surface area contributed by atoms with Crippen LogP contribution in [0.3, 0.4) is 0 Å². The molecule has 2 fully saturated rings. The van der Waals surface area contributed by atoms with Gasteiger partial charge in [-0.2, -0.15) is 0 Å². The number of likely N-dealkylation sites (N-methyl/N-ethyl adjacent to an activating group) is 1. The Morgan fingerprint density at radius 3 is 1.66 bits per heavy atom. The fourth-order valence-electron chi connectivity index (χ4n) is 7.25. The molecule has 0 aromatic heterocycles. The van der Waals surface area contributed by atoms with Gasteiger partial charge in [0.2, 0.25) is 35.4 Å². The van der Waals surface area contributed by atoms with Crippen LogP contribution >= 0.6 is 0 Å². The standard InChI is InChI=1S/C28H50N4O7.C20H34N2O6/c1-11-16(5)21(30-27(38)23(17(6)12-2)32(10)19(8)34)25(36)31-22(18(7)33)26(37)29-20(13-15(3)4)24(35)28(9)14-39-28;1-13(2)7-5-6-8-17(25)21-16(10-23)19(27)22-15(9-14(3)4)18(26)20(11-24)12-28-20/h15-18,20-23,33H,11-14H2,1-10H3,(H,29,37)(H,30,38)(H,31,36);13,15-16,23-24H,3,5-12H2,1-2,4H3,(H,21,25)(H,22,27)/t16-,17-,18+,20-,21-,22-,23-,28+;15-,16-,20+/m00/s1. The van der Waals surface area contributed by atoms with E-state index in [4.69, 9.17) is 9.47 Å². The van der Waals surface area contributed by atoms with Gasteiger partial charge in [-0.15, -0.1) is 6.58 Å². The molecule has 0 aromatic carbocycles. The monoisotopic (exact) mass is 953 g/mol. The third kappa shape index (κ3) is 19.7. The molecule has 384 valence electrons. The molecule has 2 aliphatic heterocycles. The number of aliphatic hydroxyl groups excluding tert-OH is 3. The lowest BCUT2D eigenvalue weighted by molar-refractivity contribution is -0.141. The Labute approximate surface area is 398 Å². The van der Waals surface area contributed by atoms with Gasteiger partial charge in [-0.25, -0.2) is 0 Å². The molecule has 0 saturated carbocycles. The number of Topliss-reactive ketones (excluding diaryl/α,β-unsaturated/α-hetero) is 2. The lowest BCUT2D eigenvalue weighted by Crippen LogP contribution is -2.62. The zero-order chi connectivity index (χ0) is 51.6. The molecule has 19 heteroatoms. The third-order valence-corrected chi connectivity index (χ3v) is 12.3. The SMILES string of the molecule is C=C(C)C[C@H](NC(=O)[C@H](CO)NC(=O)CCCCC(C)C)C(=O)[C@@]1(CO)CO1.CC[C@H](C)[C@H](NC(=O)[C@H]([C@@H](C)CC)N(C)C(C)=O)C(=O)N[C@H](C(=O)N[C@@H](CC(C)C)C(=O)[C@@]1(C)CO1)[C@@H](C)O. The van der Waals surface area contributed by atoms with Gasteiger partial charge in [0, 0.05) is 20.4 Å². The smallest absolute Gasteiger partial charge is 0.245 e. The third-order valence-electron chi connectivity index (χ3n) is 12.3. The van der Waals surface area contributed by atoms with Crippen LogP contribution in [0.25, 0.3) is 0 Å². The highest BCUT2D eigenvalue weighted by atomic mass is 16.6. The molecular formula is C48H84N6O13. The lowest BCUT2D eigenvalue weighted by Gasteiger charge is -2.34. The number of nitrogens with one attached hydrogen (secondary N) is 5. The van der Waals surface area contributed by atoms with Crippen LogP contribution in [0.15, 0.2) is 12.2 Å². The van der Waals surface area contributed by atoms with Crippen molar-refractivity contribution < 1.29 is 63.1 Å².